The van der Waals surface area contributed by atoms with E-state index in [1.54, 1.807) is 20.9 Å². The lowest BCUT2D eigenvalue weighted by Gasteiger charge is -2.32. The molecule has 0 fully saturated rings. The number of nitrogens with zero attached hydrogens (tertiary/aromatic N) is 2. The number of carbonyl (C=O) groups excluding carboxylic acids is 1. The summed E-state index contributed by atoms with van der Waals surface area (Å²) in [5, 5.41) is 16.0. The van der Waals surface area contributed by atoms with Crippen molar-refractivity contribution in [2.24, 2.45) is 0 Å². The number of aromatic nitrogens is 2. The minimum absolute atomic E-state index is 0.231. The molecule has 0 atom stereocenters. The summed E-state index contributed by atoms with van der Waals surface area (Å²) in [6.07, 6.45) is 0. The Labute approximate surface area is 157 Å². The Balaban J connectivity index is 1.90. The Bertz CT molecular complexity index is 949. The van der Waals surface area contributed by atoms with Gasteiger partial charge in [0.25, 0.3) is 11.5 Å². The lowest BCUT2D eigenvalue weighted by atomic mass is 10.1. The van der Waals surface area contributed by atoms with Gasteiger partial charge in [-0.15, -0.1) is 0 Å². The van der Waals surface area contributed by atoms with Crippen molar-refractivity contribution in [3.63, 3.8) is 0 Å². The van der Waals surface area contributed by atoms with Crippen LogP contribution >= 0.6 is 0 Å². The summed E-state index contributed by atoms with van der Waals surface area (Å²) in [4.78, 5) is 29.3. The molecule has 27 heavy (non-hydrogen) atoms. The predicted octanol–water partition coefficient (Wildman–Crippen LogP) is 1.49. The molecule has 0 spiro atoms. The van der Waals surface area contributed by atoms with Crippen LogP contribution in [-0.4, -0.2) is 34.2 Å². The van der Waals surface area contributed by atoms with E-state index >= 15 is 0 Å². The number of anilines is 1. The van der Waals surface area contributed by atoms with Crippen molar-refractivity contribution in [2.75, 3.05) is 19.0 Å². The molecule has 0 saturated carbocycles. The van der Waals surface area contributed by atoms with Gasteiger partial charge in [-0.25, -0.2) is 4.98 Å². The van der Waals surface area contributed by atoms with Crippen molar-refractivity contribution in [3.05, 3.63) is 51.2 Å². The highest BCUT2D eigenvalue weighted by molar-refractivity contribution is 5.94. The smallest absolute Gasteiger partial charge is 0.296 e. The Morgan fingerprint density at radius 2 is 2.15 bits per heavy atom. The first-order chi connectivity index (χ1) is 12.7. The number of carbonyl (C=O) groups is 1. The van der Waals surface area contributed by atoms with Crippen LogP contribution in [0.4, 0.5) is 5.69 Å². The lowest BCUT2D eigenvalue weighted by Crippen LogP contribution is -2.42. The van der Waals surface area contributed by atoms with Gasteiger partial charge in [0.2, 0.25) is 5.75 Å². The van der Waals surface area contributed by atoms with Gasteiger partial charge in [-0.1, -0.05) is 12.1 Å². The highest BCUT2D eigenvalue weighted by atomic mass is 16.5. The quantitative estimate of drug-likeness (QED) is 0.751. The number of ether oxygens (including phenoxy) is 1. The zero-order valence-corrected chi connectivity index (χ0v) is 15.9. The molecule has 2 aromatic rings. The Hall–Kier alpha value is -2.87. The maximum atomic E-state index is 12.6. The summed E-state index contributed by atoms with van der Waals surface area (Å²) in [6.45, 7) is 6.38. The van der Waals surface area contributed by atoms with Gasteiger partial charge >= 0.3 is 0 Å². The van der Waals surface area contributed by atoms with E-state index < -0.39 is 22.8 Å². The van der Waals surface area contributed by atoms with E-state index in [2.05, 4.69) is 15.6 Å². The summed E-state index contributed by atoms with van der Waals surface area (Å²) in [5.74, 6) is -0.934. The number of fused-ring (bicyclic) bond motifs is 1. The molecular weight excluding hydrogens is 348 g/mol. The highest BCUT2D eigenvalue weighted by Crippen LogP contribution is 2.27. The van der Waals surface area contributed by atoms with Crippen LogP contribution in [0.2, 0.25) is 0 Å². The zero-order chi connectivity index (χ0) is 19.8. The van der Waals surface area contributed by atoms with Crippen molar-refractivity contribution in [2.45, 2.75) is 39.5 Å². The number of aryl methyl sites for hydroxylation is 1. The number of benzene rings is 1. The summed E-state index contributed by atoms with van der Waals surface area (Å²) < 4.78 is 7.00. The van der Waals surface area contributed by atoms with Gasteiger partial charge in [0.1, 0.15) is 11.4 Å². The molecule has 0 radical (unpaired) electrons. The summed E-state index contributed by atoms with van der Waals surface area (Å²) in [5.41, 5.74) is 1.13. The van der Waals surface area contributed by atoms with Crippen molar-refractivity contribution in [1.29, 1.82) is 0 Å². The van der Waals surface area contributed by atoms with Crippen LogP contribution < -0.4 is 16.2 Å². The predicted molar refractivity (Wildman–Crippen MR) is 101 cm³/mol. The van der Waals surface area contributed by atoms with Gasteiger partial charge in [-0.2, -0.15) is 0 Å². The Kier molecular flexibility index (Phi) is 4.93. The molecule has 8 heteroatoms. The average Bonchev–Trinajstić information content (AvgIpc) is 2.63. The van der Waals surface area contributed by atoms with Crippen molar-refractivity contribution in [1.82, 2.24) is 14.9 Å². The molecule has 0 saturated heterocycles. The highest BCUT2D eigenvalue weighted by Gasteiger charge is 2.34. The molecule has 0 unspecified atom stereocenters. The molecule has 144 valence electrons. The van der Waals surface area contributed by atoms with Gasteiger partial charge in [0, 0.05) is 19.3 Å². The van der Waals surface area contributed by atoms with E-state index in [9.17, 15) is 14.7 Å². The molecule has 1 aromatic carbocycles. The lowest BCUT2D eigenvalue weighted by molar-refractivity contribution is -0.0566. The van der Waals surface area contributed by atoms with Gasteiger partial charge < -0.3 is 20.5 Å². The molecule has 1 aliphatic rings. The number of amides is 1. The van der Waals surface area contributed by atoms with Crippen molar-refractivity contribution >= 4 is 11.6 Å². The fraction of sp³-hybridized carbons (Fsp3) is 0.421. The SMILES string of the molecule is CNc1cc(C)ccc1CNC(=O)c1nc2n(c(=O)c1O)CCOC2(C)C. The van der Waals surface area contributed by atoms with Crippen molar-refractivity contribution in [3.8, 4) is 5.75 Å². The second kappa shape index (κ2) is 7.03. The van der Waals surface area contributed by atoms with Crippen LogP contribution in [0.5, 0.6) is 5.75 Å². The molecule has 1 amide bonds. The average molecular weight is 372 g/mol. The second-order valence-corrected chi connectivity index (χ2v) is 7.04. The molecule has 3 N–H and O–H groups in total. The van der Waals surface area contributed by atoms with E-state index in [0.717, 1.165) is 16.8 Å². The summed E-state index contributed by atoms with van der Waals surface area (Å²) in [6, 6.07) is 5.83. The Morgan fingerprint density at radius 3 is 2.85 bits per heavy atom. The minimum Gasteiger partial charge on any atom is -0.501 e. The number of hydrogen-bond donors (Lipinski definition) is 3. The van der Waals surface area contributed by atoms with Crippen LogP contribution in [0.1, 0.15) is 41.3 Å². The first kappa shape index (κ1) is 18.9. The van der Waals surface area contributed by atoms with Gasteiger partial charge in [0.05, 0.1) is 13.2 Å². The number of nitrogens with one attached hydrogen (secondary N) is 2. The van der Waals surface area contributed by atoms with E-state index in [4.69, 9.17) is 4.74 Å². The molecule has 3 rings (SSSR count). The third-order valence-corrected chi connectivity index (χ3v) is 4.65. The van der Waals surface area contributed by atoms with Crippen LogP contribution in [0.15, 0.2) is 23.0 Å². The van der Waals surface area contributed by atoms with Gasteiger partial charge in [0.15, 0.2) is 5.69 Å². The number of aromatic hydroxyl groups is 1. The maximum absolute atomic E-state index is 12.6. The topological polar surface area (TPSA) is 105 Å². The Morgan fingerprint density at radius 1 is 1.41 bits per heavy atom. The normalized spacial score (nSPS) is 15.1. The maximum Gasteiger partial charge on any atom is 0.296 e. The van der Waals surface area contributed by atoms with Gasteiger partial charge in [-0.05, 0) is 38.0 Å². The summed E-state index contributed by atoms with van der Waals surface area (Å²) in [7, 11) is 1.81. The van der Waals surface area contributed by atoms with Crippen LogP contribution in [0.3, 0.4) is 0 Å². The van der Waals surface area contributed by atoms with Crippen molar-refractivity contribution < 1.29 is 14.6 Å². The third kappa shape index (κ3) is 3.52. The van der Waals surface area contributed by atoms with E-state index in [1.807, 2.05) is 25.1 Å². The van der Waals surface area contributed by atoms with Gasteiger partial charge in [-0.3, -0.25) is 14.2 Å². The van der Waals surface area contributed by atoms with E-state index in [1.165, 1.54) is 4.57 Å². The molecule has 0 bridgehead atoms. The van der Waals surface area contributed by atoms with Crippen LogP contribution in [0, 0.1) is 6.92 Å². The zero-order valence-electron chi connectivity index (χ0n) is 15.9. The molecule has 1 aliphatic heterocycles. The summed E-state index contributed by atoms with van der Waals surface area (Å²) >= 11 is 0. The first-order valence-electron chi connectivity index (χ1n) is 8.78. The number of hydrogen-bond acceptors (Lipinski definition) is 6. The molecule has 0 aliphatic carbocycles. The molecule has 2 heterocycles. The fourth-order valence-corrected chi connectivity index (χ4v) is 3.16. The van der Waals surface area contributed by atoms with Crippen LogP contribution in [0.25, 0.3) is 0 Å². The minimum atomic E-state index is -0.823. The number of rotatable bonds is 4. The molecule has 8 nitrogen and oxygen atoms in total. The first-order valence-corrected chi connectivity index (χ1v) is 8.78. The largest absolute Gasteiger partial charge is 0.501 e. The van der Waals surface area contributed by atoms with E-state index in [0.29, 0.717) is 12.4 Å². The molecule has 1 aromatic heterocycles. The standard InChI is InChI=1S/C19H24N4O4/c1-11-5-6-12(13(9-11)20-4)10-21-16(25)14-15(24)17(26)23-7-8-27-19(2,3)18(23)22-14/h5-6,9,20,24H,7-8,10H2,1-4H3,(H,21,25). The van der Waals surface area contributed by atoms with E-state index in [-0.39, 0.29) is 18.8 Å². The monoisotopic (exact) mass is 372 g/mol. The third-order valence-electron chi connectivity index (χ3n) is 4.65. The second-order valence-electron chi connectivity index (χ2n) is 7.04. The van der Waals surface area contributed by atoms with Crippen LogP contribution in [-0.2, 0) is 23.4 Å². The molecular formula is C19H24N4O4. The fourth-order valence-electron chi connectivity index (χ4n) is 3.16.